The minimum absolute atomic E-state index is 0.207. The second-order valence-electron chi connectivity index (χ2n) is 6.70. The molecule has 0 spiro atoms. The molecule has 3 aromatic rings. The number of rotatable bonds is 7. The van der Waals surface area contributed by atoms with Crippen molar-refractivity contribution in [2.24, 2.45) is 0 Å². The number of aromatic nitrogens is 1. The summed E-state index contributed by atoms with van der Waals surface area (Å²) in [5, 5.41) is 17.0. The van der Waals surface area contributed by atoms with E-state index in [1.165, 1.54) is 10.6 Å². The Hall–Kier alpha value is -4.11. The molecule has 0 saturated heterocycles. The smallest absolute Gasteiger partial charge is 0.319 e. The van der Waals surface area contributed by atoms with Gasteiger partial charge in [0, 0.05) is 34.3 Å². The summed E-state index contributed by atoms with van der Waals surface area (Å²) in [5.74, 6) is -1.96. The van der Waals surface area contributed by atoms with E-state index in [1.54, 1.807) is 66.9 Å². The van der Waals surface area contributed by atoms with Gasteiger partial charge in [0.2, 0.25) is 5.91 Å². The van der Waals surface area contributed by atoms with Crippen molar-refractivity contribution in [3.05, 3.63) is 88.3 Å². The van der Waals surface area contributed by atoms with E-state index < -0.39 is 30.4 Å². The Bertz CT molecular complexity index is 1180. The predicted octanol–water partition coefficient (Wildman–Crippen LogP) is 3.09. The number of pyridine rings is 1. The maximum Gasteiger partial charge on any atom is 0.319 e. The van der Waals surface area contributed by atoms with Crippen LogP contribution in [0.25, 0.3) is 5.69 Å². The van der Waals surface area contributed by atoms with Gasteiger partial charge in [-0.3, -0.25) is 19.0 Å². The summed E-state index contributed by atoms with van der Waals surface area (Å²) in [7, 11) is 0. The van der Waals surface area contributed by atoms with Gasteiger partial charge in [-0.25, -0.2) is 4.79 Å². The second kappa shape index (κ2) is 10.3. The first-order valence-corrected chi connectivity index (χ1v) is 9.83. The van der Waals surface area contributed by atoms with Crippen molar-refractivity contribution in [1.29, 1.82) is 0 Å². The van der Waals surface area contributed by atoms with Crippen LogP contribution in [0, 0.1) is 0 Å². The average Bonchev–Trinajstić information content (AvgIpc) is 2.75. The van der Waals surface area contributed by atoms with E-state index in [4.69, 9.17) is 16.7 Å². The van der Waals surface area contributed by atoms with Crippen molar-refractivity contribution in [3.8, 4) is 5.69 Å². The Labute approximate surface area is 187 Å². The van der Waals surface area contributed by atoms with Gasteiger partial charge in [0.1, 0.15) is 6.04 Å². The molecule has 1 heterocycles. The Balaban J connectivity index is 1.67. The van der Waals surface area contributed by atoms with Crippen LogP contribution >= 0.6 is 11.6 Å². The molecule has 32 heavy (non-hydrogen) atoms. The molecule has 10 heteroatoms. The third-order valence-corrected chi connectivity index (χ3v) is 4.59. The lowest BCUT2D eigenvalue weighted by molar-refractivity contribution is -0.139. The van der Waals surface area contributed by atoms with Gasteiger partial charge in [-0.15, -0.1) is 0 Å². The number of carbonyl (C=O) groups excluding carboxylic acids is 2. The Morgan fingerprint density at radius 2 is 1.53 bits per heavy atom. The van der Waals surface area contributed by atoms with E-state index in [1.807, 2.05) is 0 Å². The lowest BCUT2D eigenvalue weighted by atomic mass is 10.2. The molecule has 0 unspecified atom stereocenters. The third-order valence-electron chi connectivity index (χ3n) is 4.34. The van der Waals surface area contributed by atoms with Gasteiger partial charge in [0.15, 0.2) is 0 Å². The van der Waals surface area contributed by atoms with Crippen LogP contribution in [0.2, 0.25) is 5.02 Å². The monoisotopic (exact) mass is 454 g/mol. The quantitative estimate of drug-likeness (QED) is 0.436. The van der Waals surface area contributed by atoms with Crippen LogP contribution in [-0.4, -0.2) is 33.6 Å². The zero-order valence-electron chi connectivity index (χ0n) is 16.6. The molecule has 164 valence electrons. The molecular weight excluding hydrogens is 436 g/mol. The van der Waals surface area contributed by atoms with Crippen LogP contribution in [0.1, 0.15) is 6.42 Å². The highest BCUT2D eigenvalue weighted by atomic mass is 35.5. The van der Waals surface area contributed by atoms with Gasteiger partial charge in [-0.2, -0.15) is 0 Å². The van der Waals surface area contributed by atoms with E-state index in [2.05, 4.69) is 16.0 Å². The standard InChI is InChI=1S/C22H19ClN4O5/c23-14-4-6-16(7-5-14)25-22(32)26-18(13-20(29)30)21(31)24-15-8-10-17(11-9-15)27-12-2-1-3-19(27)28/h1-12,18H,13H2,(H,24,31)(H,29,30)(H2,25,26,32)/t18-/m0/s1. The molecule has 0 aliphatic carbocycles. The lowest BCUT2D eigenvalue weighted by Crippen LogP contribution is -2.46. The summed E-state index contributed by atoms with van der Waals surface area (Å²) >= 11 is 5.80. The highest BCUT2D eigenvalue weighted by molar-refractivity contribution is 6.30. The first-order valence-electron chi connectivity index (χ1n) is 9.46. The van der Waals surface area contributed by atoms with Gasteiger partial charge in [-0.05, 0) is 54.6 Å². The average molecular weight is 455 g/mol. The van der Waals surface area contributed by atoms with E-state index in [-0.39, 0.29) is 5.56 Å². The Morgan fingerprint density at radius 1 is 0.906 bits per heavy atom. The molecule has 4 N–H and O–H groups in total. The minimum atomic E-state index is -1.32. The SMILES string of the molecule is O=C(O)C[C@H](NC(=O)Nc1ccc(Cl)cc1)C(=O)Nc1ccc(-n2ccccc2=O)cc1. The number of carboxylic acid groups (broad SMARTS) is 1. The largest absolute Gasteiger partial charge is 0.481 e. The number of benzene rings is 2. The zero-order valence-corrected chi connectivity index (χ0v) is 17.4. The van der Waals surface area contributed by atoms with Crippen molar-refractivity contribution < 1.29 is 19.5 Å². The van der Waals surface area contributed by atoms with Crippen molar-refractivity contribution in [3.63, 3.8) is 0 Å². The first-order chi connectivity index (χ1) is 15.3. The van der Waals surface area contributed by atoms with Gasteiger partial charge in [0.25, 0.3) is 5.56 Å². The van der Waals surface area contributed by atoms with E-state index in [0.29, 0.717) is 22.1 Å². The molecule has 0 radical (unpaired) electrons. The topological polar surface area (TPSA) is 130 Å². The van der Waals surface area contributed by atoms with Gasteiger partial charge in [0.05, 0.1) is 6.42 Å². The molecule has 1 atom stereocenters. The Kier molecular flexibility index (Phi) is 7.25. The number of carboxylic acids is 1. The molecule has 3 amide bonds. The zero-order chi connectivity index (χ0) is 23.1. The number of nitrogens with zero attached hydrogens (tertiary/aromatic N) is 1. The molecule has 0 saturated carbocycles. The predicted molar refractivity (Wildman–Crippen MR) is 120 cm³/mol. The van der Waals surface area contributed by atoms with Crippen LogP contribution in [-0.2, 0) is 9.59 Å². The van der Waals surface area contributed by atoms with Gasteiger partial charge in [-0.1, -0.05) is 17.7 Å². The Morgan fingerprint density at radius 3 is 2.16 bits per heavy atom. The number of halogens is 1. The molecule has 0 bridgehead atoms. The van der Waals surface area contributed by atoms with E-state index >= 15 is 0 Å². The van der Waals surface area contributed by atoms with Crippen molar-refractivity contribution in [2.75, 3.05) is 10.6 Å². The number of hydrogen-bond acceptors (Lipinski definition) is 4. The maximum atomic E-state index is 12.6. The number of amides is 3. The molecule has 0 fully saturated rings. The normalized spacial score (nSPS) is 11.3. The summed E-state index contributed by atoms with van der Waals surface area (Å²) in [6, 6.07) is 15.4. The van der Waals surface area contributed by atoms with E-state index in [9.17, 15) is 19.2 Å². The minimum Gasteiger partial charge on any atom is -0.481 e. The fraction of sp³-hybridized carbons (Fsp3) is 0.0909. The molecule has 3 rings (SSSR count). The summed E-state index contributed by atoms with van der Waals surface area (Å²) in [6.07, 6.45) is 0.999. The number of aliphatic carboxylic acids is 1. The van der Waals surface area contributed by atoms with Crippen LogP contribution in [0.4, 0.5) is 16.2 Å². The van der Waals surface area contributed by atoms with Crippen LogP contribution in [0.5, 0.6) is 0 Å². The number of nitrogens with one attached hydrogen (secondary N) is 3. The molecule has 2 aromatic carbocycles. The fourth-order valence-corrected chi connectivity index (χ4v) is 2.94. The van der Waals surface area contributed by atoms with Crippen LogP contribution in [0.3, 0.4) is 0 Å². The fourth-order valence-electron chi connectivity index (χ4n) is 2.82. The number of anilines is 2. The summed E-state index contributed by atoms with van der Waals surface area (Å²) < 4.78 is 1.43. The van der Waals surface area contributed by atoms with E-state index in [0.717, 1.165) is 0 Å². The van der Waals surface area contributed by atoms with Gasteiger partial charge < -0.3 is 21.1 Å². The molecular formula is C22H19ClN4O5. The lowest BCUT2D eigenvalue weighted by Gasteiger charge is -2.17. The van der Waals surface area contributed by atoms with Gasteiger partial charge >= 0.3 is 12.0 Å². The highest BCUT2D eigenvalue weighted by Crippen LogP contribution is 2.14. The first kappa shape index (κ1) is 22.6. The molecule has 0 aliphatic rings. The molecule has 1 aromatic heterocycles. The number of urea groups is 1. The second-order valence-corrected chi connectivity index (χ2v) is 7.14. The van der Waals surface area contributed by atoms with Crippen molar-refractivity contribution in [2.45, 2.75) is 12.5 Å². The molecule has 0 aliphatic heterocycles. The third kappa shape index (κ3) is 6.19. The maximum absolute atomic E-state index is 12.6. The van der Waals surface area contributed by atoms with Crippen molar-refractivity contribution >= 4 is 40.9 Å². The summed E-state index contributed by atoms with van der Waals surface area (Å²) in [6.45, 7) is 0. The summed E-state index contributed by atoms with van der Waals surface area (Å²) in [5.41, 5.74) is 1.18. The summed E-state index contributed by atoms with van der Waals surface area (Å²) in [4.78, 5) is 47.9. The van der Waals surface area contributed by atoms with Crippen molar-refractivity contribution in [1.82, 2.24) is 9.88 Å². The van der Waals surface area contributed by atoms with Crippen LogP contribution in [0.15, 0.2) is 77.7 Å². The number of carbonyl (C=O) groups is 3. The highest BCUT2D eigenvalue weighted by Gasteiger charge is 2.24. The number of hydrogen-bond donors (Lipinski definition) is 4. The molecule has 9 nitrogen and oxygen atoms in total. The van der Waals surface area contributed by atoms with Crippen LogP contribution < -0.4 is 21.5 Å².